The zero-order valence-electron chi connectivity index (χ0n) is 19.3. The summed E-state index contributed by atoms with van der Waals surface area (Å²) in [5.41, 5.74) is 3.84. The predicted molar refractivity (Wildman–Crippen MR) is 126 cm³/mol. The number of rotatable bonds is 7. The Kier molecular flexibility index (Phi) is 8.29. The van der Waals surface area contributed by atoms with E-state index in [9.17, 15) is 24.8 Å². The molecule has 0 saturated carbocycles. The zero-order valence-corrected chi connectivity index (χ0v) is 22.1. The minimum atomic E-state index is -1.50. The molecule has 0 N–H and O–H groups in total. The second-order valence-electron chi connectivity index (χ2n) is 7.84. The maximum atomic E-state index is 13.6. The van der Waals surface area contributed by atoms with Crippen LogP contribution in [0.25, 0.3) is 16.6 Å². The molecule has 0 aliphatic rings. The molecule has 0 saturated heterocycles. The van der Waals surface area contributed by atoms with Crippen LogP contribution in [0, 0.1) is 24.0 Å². The first-order valence-corrected chi connectivity index (χ1v) is 11.0. The van der Waals surface area contributed by atoms with Gasteiger partial charge in [0.05, 0.1) is 22.6 Å². The zero-order chi connectivity index (χ0) is 24.4. The number of allylic oxidation sites excluding steroid dienone is 1. The fourth-order valence-electron chi connectivity index (χ4n) is 3.63. The number of hydrogen-bond acceptors (Lipinski definition) is 8. The Bertz CT molecular complexity index is 1480. The molecule has 0 aliphatic carbocycles. The number of carboxylic acids is 1. The van der Waals surface area contributed by atoms with Crippen LogP contribution >= 0.6 is 11.7 Å². The minimum absolute atomic E-state index is 0. The minimum Gasteiger partial charge on any atom is -0.545 e. The second-order valence-corrected chi connectivity index (χ2v) is 8.37. The number of carboxylic acid groups (broad SMARTS) is 1. The van der Waals surface area contributed by atoms with Crippen molar-refractivity contribution in [3.63, 3.8) is 0 Å². The first-order valence-electron chi connectivity index (χ1n) is 10.3. The Balaban J connectivity index is 0.00000342. The number of hydrogen-bond donors (Lipinski definition) is 0. The Hall–Kier alpha value is -3.24. The van der Waals surface area contributed by atoms with Crippen LogP contribution in [0.3, 0.4) is 0 Å². The third-order valence-corrected chi connectivity index (χ3v) is 6.18. The van der Waals surface area contributed by atoms with Crippen molar-refractivity contribution in [2.75, 3.05) is 0 Å². The van der Waals surface area contributed by atoms with Gasteiger partial charge in [-0.1, -0.05) is 30.3 Å². The van der Waals surface area contributed by atoms with Crippen LogP contribution in [-0.4, -0.2) is 25.4 Å². The summed E-state index contributed by atoms with van der Waals surface area (Å²) in [5.74, 6) is -1.96. The molecule has 0 amide bonds. The molecular weight excluding hydrogens is 477 g/mol. The van der Waals surface area contributed by atoms with Crippen molar-refractivity contribution in [2.45, 2.75) is 20.3 Å². The topological polar surface area (TPSA) is 126 Å². The van der Waals surface area contributed by atoms with Gasteiger partial charge in [0, 0.05) is 35.3 Å². The smallest absolute Gasteiger partial charge is 0.545 e. The first kappa shape index (κ1) is 26.4. The standard InChI is InChI=1S/C25H19N3O5S.Na/c1-14-3-6-18(11-15(14)2)24(29)20(12-16-4-8-19(9-5-16)28(32)33)23(25(30)31)17-7-10-21-22(13-17)27-34-26-21;/h3-11,13H,12H2,1-2H3,(H,30,31);/q;+1/p-1. The van der Waals surface area contributed by atoms with Gasteiger partial charge in [-0.25, -0.2) is 0 Å². The summed E-state index contributed by atoms with van der Waals surface area (Å²) < 4.78 is 8.29. The van der Waals surface area contributed by atoms with Crippen LogP contribution in [0.15, 0.2) is 66.2 Å². The summed E-state index contributed by atoms with van der Waals surface area (Å²) in [6.45, 7) is 3.79. The van der Waals surface area contributed by atoms with Crippen molar-refractivity contribution in [3.05, 3.63) is 104 Å². The maximum absolute atomic E-state index is 13.6. The van der Waals surface area contributed by atoms with E-state index in [4.69, 9.17) is 0 Å². The number of aromatic nitrogens is 2. The third kappa shape index (κ3) is 5.71. The van der Waals surface area contributed by atoms with Crippen molar-refractivity contribution in [1.82, 2.24) is 8.75 Å². The summed E-state index contributed by atoms with van der Waals surface area (Å²) in [6, 6.07) is 15.6. The SMILES string of the molecule is Cc1ccc(C(=O)C(Cc2ccc([N+](=O)[O-])cc2)=C(C(=O)[O-])c2ccc3nsnc3c2)cc1C.[Na+]. The molecule has 8 nitrogen and oxygen atoms in total. The van der Waals surface area contributed by atoms with E-state index < -0.39 is 16.7 Å². The number of Topliss-reactive ketones (excluding diaryl/α,β-unsaturated/α-hetero) is 1. The number of carbonyl (C=O) groups excluding carboxylic acids is 2. The molecule has 10 heteroatoms. The molecule has 1 aromatic heterocycles. The van der Waals surface area contributed by atoms with E-state index in [-0.39, 0.29) is 58.4 Å². The fourth-order valence-corrected chi connectivity index (χ4v) is 4.15. The molecule has 0 radical (unpaired) electrons. The van der Waals surface area contributed by atoms with Gasteiger partial charge in [-0.05, 0) is 54.3 Å². The summed E-state index contributed by atoms with van der Waals surface area (Å²) in [5, 5.41) is 23.4. The van der Waals surface area contributed by atoms with Gasteiger partial charge in [0.15, 0.2) is 5.78 Å². The van der Waals surface area contributed by atoms with E-state index in [0.29, 0.717) is 22.2 Å². The third-order valence-electron chi connectivity index (χ3n) is 5.62. The maximum Gasteiger partial charge on any atom is 1.00 e. The molecule has 0 aliphatic heterocycles. The van der Waals surface area contributed by atoms with Gasteiger partial charge in [-0.15, -0.1) is 0 Å². The molecule has 4 aromatic rings. The quantitative estimate of drug-likeness (QED) is 0.122. The molecule has 0 bridgehead atoms. The monoisotopic (exact) mass is 495 g/mol. The molecule has 3 aromatic carbocycles. The van der Waals surface area contributed by atoms with Crippen LogP contribution < -0.4 is 34.7 Å². The van der Waals surface area contributed by atoms with Crippen molar-refractivity contribution < 1.29 is 49.2 Å². The van der Waals surface area contributed by atoms with E-state index >= 15 is 0 Å². The molecular formula is C25H18N3NaO5S. The summed E-state index contributed by atoms with van der Waals surface area (Å²) >= 11 is 1.00. The average molecular weight is 495 g/mol. The number of ketones is 1. The van der Waals surface area contributed by atoms with Gasteiger partial charge in [0.2, 0.25) is 0 Å². The van der Waals surface area contributed by atoms with E-state index in [1.54, 1.807) is 36.4 Å². The number of carbonyl (C=O) groups is 2. The summed E-state index contributed by atoms with van der Waals surface area (Å²) in [4.78, 5) is 36.5. The van der Waals surface area contributed by atoms with Crippen LogP contribution in [0.4, 0.5) is 5.69 Å². The van der Waals surface area contributed by atoms with Crippen LogP contribution in [-0.2, 0) is 11.2 Å². The summed E-state index contributed by atoms with van der Waals surface area (Å²) in [7, 11) is 0. The van der Waals surface area contributed by atoms with Gasteiger partial charge in [-0.2, -0.15) is 8.75 Å². The molecule has 35 heavy (non-hydrogen) atoms. The first-order chi connectivity index (χ1) is 16.2. The second kappa shape index (κ2) is 11.0. The molecule has 0 spiro atoms. The van der Waals surface area contributed by atoms with Crippen LogP contribution in [0.1, 0.15) is 32.6 Å². The molecule has 4 rings (SSSR count). The largest absolute Gasteiger partial charge is 1.00 e. The number of aryl methyl sites for hydroxylation is 2. The summed E-state index contributed by atoms with van der Waals surface area (Å²) in [6.07, 6.45) is -0.0551. The van der Waals surface area contributed by atoms with Crippen molar-refractivity contribution in [3.8, 4) is 0 Å². The molecule has 1 heterocycles. The number of aliphatic carboxylic acids is 1. The van der Waals surface area contributed by atoms with Gasteiger partial charge in [-0.3, -0.25) is 14.9 Å². The van der Waals surface area contributed by atoms with Gasteiger partial charge < -0.3 is 9.90 Å². The Morgan fingerprint density at radius 1 is 0.886 bits per heavy atom. The Morgan fingerprint density at radius 3 is 2.17 bits per heavy atom. The molecule has 0 fully saturated rings. The van der Waals surface area contributed by atoms with Crippen LogP contribution in [0.5, 0.6) is 0 Å². The Labute approximate surface area is 227 Å². The number of non-ortho nitro benzene ring substituents is 1. The number of benzene rings is 3. The average Bonchev–Trinajstić information content (AvgIpc) is 3.28. The Morgan fingerprint density at radius 2 is 1.54 bits per heavy atom. The van der Waals surface area contributed by atoms with Crippen molar-refractivity contribution in [2.24, 2.45) is 0 Å². The number of nitro benzene ring substituents is 1. The normalized spacial score (nSPS) is 11.5. The van der Waals surface area contributed by atoms with Crippen molar-refractivity contribution in [1.29, 1.82) is 0 Å². The predicted octanol–water partition coefficient (Wildman–Crippen LogP) is 0.849. The number of nitrogens with zero attached hydrogens (tertiary/aromatic N) is 3. The molecule has 170 valence electrons. The van der Waals surface area contributed by atoms with E-state index in [1.807, 2.05) is 13.8 Å². The fraction of sp³-hybridized carbons (Fsp3) is 0.120. The van der Waals surface area contributed by atoms with E-state index in [0.717, 1.165) is 22.9 Å². The van der Waals surface area contributed by atoms with Gasteiger partial charge >= 0.3 is 29.6 Å². The number of nitro groups is 1. The number of fused-ring (bicyclic) bond motifs is 1. The van der Waals surface area contributed by atoms with Crippen molar-refractivity contribution >= 4 is 45.8 Å². The van der Waals surface area contributed by atoms with E-state index in [2.05, 4.69) is 8.75 Å². The van der Waals surface area contributed by atoms with E-state index in [1.165, 1.54) is 24.3 Å². The van der Waals surface area contributed by atoms with Gasteiger partial charge in [0.25, 0.3) is 5.69 Å². The molecule has 0 unspecified atom stereocenters. The van der Waals surface area contributed by atoms with Crippen LogP contribution in [0.2, 0.25) is 0 Å². The molecule has 0 atom stereocenters. The van der Waals surface area contributed by atoms with Gasteiger partial charge in [0.1, 0.15) is 11.0 Å².